The lowest BCUT2D eigenvalue weighted by atomic mass is 9.85. The van der Waals surface area contributed by atoms with Crippen molar-refractivity contribution in [2.45, 2.75) is 32.7 Å². The van der Waals surface area contributed by atoms with E-state index in [1.165, 1.54) is 11.9 Å². The van der Waals surface area contributed by atoms with Crippen molar-refractivity contribution in [2.24, 2.45) is 5.41 Å². The van der Waals surface area contributed by atoms with Crippen molar-refractivity contribution in [3.8, 4) is 0 Å². The maximum absolute atomic E-state index is 12.3. The minimum absolute atomic E-state index is 0.0896. The molecule has 7 nitrogen and oxygen atoms in total. The Morgan fingerprint density at radius 3 is 2.55 bits per heavy atom. The van der Waals surface area contributed by atoms with E-state index in [9.17, 15) is 14.4 Å². The number of aliphatic carboxylic acids is 1. The minimum atomic E-state index is -0.937. The summed E-state index contributed by atoms with van der Waals surface area (Å²) < 4.78 is 5.23. The molecule has 0 aromatic rings. The van der Waals surface area contributed by atoms with Crippen molar-refractivity contribution in [3.05, 3.63) is 0 Å². The van der Waals surface area contributed by atoms with Crippen molar-refractivity contribution >= 4 is 17.8 Å². The van der Waals surface area contributed by atoms with Crippen LogP contribution in [-0.2, 0) is 19.1 Å². The van der Waals surface area contributed by atoms with E-state index in [2.05, 4.69) is 5.32 Å². The second-order valence-electron chi connectivity index (χ2n) is 5.70. The summed E-state index contributed by atoms with van der Waals surface area (Å²) in [5, 5.41) is 11.3. The van der Waals surface area contributed by atoms with Gasteiger partial charge in [-0.3, -0.25) is 14.4 Å². The van der Waals surface area contributed by atoms with E-state index in [4.69, 9.17) is 9.84 Å². The molecule has 0 aliphatic carbocycles. The van der Waals surface area contributed by atoms with Gasteiger partial charge in [0.25, 0.3) is 0 Å². The summed E-state index contributed by atoms with van der Waals surface area (Å²) in [7, 11) is 1.51. The summed E-state index contributed by atoms with van der Waals surface area (Å²) in [6, 6.07) is -0.637. The van der Waals surface area contributed by atoms with E-state index in [0.717, 1.165) is 0 Å². The van der Waals surface area contributed by atoms with Crippen molar-refractivity contribution in [2.75, 3.05) is 26.8 Å². The van der Waals surface area contributed by atoms with E-state index in [0.29, 0.717) is 13.2 Å². The quantitative estimate of drug-likeness (QED) is 0.733. The number of hydrogen-bond acceptors (Lipinski definition) is 4. The first-order chi connectivity index (χ1) is 9.26. The molecule has 0 saturated carbocycles. The standard InChI is InChI=1S/C13H22N2O5/c1-13(2,7-11(17)18)6-10(16)15-4-5-20-8-9(15)12(19)14-3/h9H,4-8H2,1-3H3,(H,14,19)(H,17,18). The molecule has 0 bridgehead atoms. The summed E-state index contributed by atoms with van der Waals surface area (Å²) in [6.45, 7) is 4.37. The molecule has 1 aliphatic rings. The normalized spacial score (nSPS) is 19.6. The zero-order valence-corrected chi connectivity index (χ0v) is 12.1. The highest BCUT2D eigenvalue weighted by Crippen LogP contribution is 2.26. The first-order valence-corrected chi connectivity index (χ1v) is 6.57. The van der Waals surface area contributed by atoms with Crippen LogP contribution in [0, 0.1) is 5.41 Å². The average Bonchev–Trinajstić information content (AvgIpc) is 2.35. The number of hydrogen-bond donors (Lipinski definition) is 2. The van der Waals surface area contributed by atoms with Gasteiger partial charge < -0.3 is 20.1 Å². The second kappa shape index (κ2) is 6.69. The van der Waals surface area contributed by atoms with Gasteiger partial charge in [-0.1, -0.05) is 13.8 Å². The van der Waals surface area contributed by atoms with Crippen LogP contribution >= 0.6 is 0 Å². The molecule has 0 aromatic carbocycles. The van der Waals surface area contributed by atoms with Gasteiger partial charge in [0.1, 0.15) is 6.04 Å². The lowest BCUT2D eigenvalue weighted by Crippen LogP contribution is -2.55. The smallest absolute Gasteiger partial charge is 0.303 e. The van der Waals surface area contributed by atoms with Gasteiger partial charge in [-0.2, -0.15) is 0 Å². The fourth-order valence-corrected chi connectivity index (χ4v) is 2.27. The number of carbonyl (C=O) groups is 3. The first kappa shape index (κ1) is 16.4. The molecule has 1 aliphatic heterocycles. The third-order valence-electron chi connectivity index (χ3n) is 3.26. The number of carboxylic acids is 1. The van der Waals surface area contributed by atoms with Gasteiger partial charge in [0.2, 0.25) is 11.8 Å². The fraction of sp³-hybridized carbons (Fsp3) is 0.769. The predicted molar refractivity (Wildman–Crippen MR) is 71.0 cm³/mol. The Hall–Kier alpha value is -1.63. The Bertz CT molecular complexity index is 394. The Morgan fingerprint density at radius 1 is 1.35 bits per heavy atom. The Labute approximate surface area is 118 Å². The molecule has 1 unspecified atom stereocenters. The Kier molecular flexibility index (Phi) is 5.50. The van der Waals surface area contributed by atoms with Gasteiger partial charge >= 0.3 is 5.97 Å². The van der Waals surface area contributed by atoms with Crippen LogP contribution < -0.4 is 5.32 Å². The maximum Gasteiger partial charge on any atom is 0.303 e. The number of ether oxygens (including phenoxy) is 1. The molecular formula is C13H22N2O5. The number of carbonyl (C=O) groups excluding carboxylic acids is 2. The van der Waals surface area contributed by atoms with Crippen molar-refractivity contribution < 1.29 is 24.2 Å². The average molecular weight is 286 g/mol. The third-order valence-corrected chi connectivity index (χ3v) is 3.26. The van der Waals surface area contributed by atoms with Crippen LogP contribution in [0.25, 0.3) is 0 Å². The highest BCUT2D eigenvalue weighted by atomic mass is 16.5. The summed E-state index contributed by atoms with van der Waals surface area (Å²) in [4.78, 5) is 36.3. The van der Waals surface area contributed by atoms with Gasteiger partial charge in [0.05, 0.1) is 19.6 Å². The van der Waals surface area contributed by atoms with Crippen LogP contribution in [0.2, 0.25) is 0 Å². The van der Waals surface area contributed by atoms with E-state index >= 15 is 0 Å². The molecule has 1 heterocycles. The fourth-order valence-electron chi connectivity index (χ4n) is 2.27. The Morgan fingerprint density at radius 2 is 2.00 bits per heavy atom. The van der Waals surface area contributed by atoms with Crippen molar-refractivity contribution in [3.63, 3.8) is 0 Å². The molecule has 7 heteroatoms. The van der Waals surface area contributed by atoms with E-state index in [1.807, 2.05) is 0 Å². The van der Waals surface area contributed by atoms with Crippen LogP contribution in [0.1, 0.15) is 26.7 Å². The number of amides is 2. The molecule has 1 fully saturated rings. The van der Waals surface area contributed by atoms with Crippen LogP contribution in [0.3, 0.4) is 0 Å². The molecule has 0 spiro atoms. The Balaban J connectivity index is 2.73. The predicted octanol–water partition coefficient (Wildman–Crippen LogP) is -0.149. The number of nitrogens with zero attached hydrogens (tertiary/aromatic N) is 1. The molecular weight excluding hydrogens is 264 g/mol. The number of rotatable bonds is 5. The molecule has 2 amide bonds. The van der Waals surface area contributed by atoms with Crippen LogP contribution in [0.4, 0.5) is 0 Å². The monoisotopic (exact) mass is 286 g/mol. The molecule has 0 radical (unpaired) electrons. The number of carboxylic acid groups (broad SMARTS) is 1. The number of morpholine rings is 1. The molecule has 1 atom stereocenters. The molecule has 2 N–H and O–H groups in total. The van der Waals surface area contributed by atoms with Gasteiger partial charge in [-0.25, -0.2) is 0 Å². The van der Waals surface area contributed by atoms with Gasteiger partial charge in [-0.05, 0) is 5.41 Å². The third kappa shape index (κ3) is 4.48. The lowest BCUT2D eigenvalue weighted by molar-refractivity contribution is -0.150. The van der Waals surface area contributed by atoms with Crippen LogP contribution in [0.15, 0.2) is 0 Å². The summed E-state index contributed by atoms with van der Waals surface area (Å²) in [5.74, 6) is -1.42. The number of likely N-dealkylation sites (N-methyl/N-ethyl adjacent to an activating group) is 1. The van der Waals surface area contributed by atoms with Crippen molar-refractivity contribution in [1.29, 1.82) is 0 Å². The first-order valence-electron chi connectivity index (χ1n) is 6.57. The second-order valence-corrected chi connectivity index (χ2v) is 5.70. The summed E-state index contributed by atoms with van der Waals surface area (Å²) in [5.41, 5.74) is -0.644. The van der Waals surface area contributed by atoms with Crippen molar-refractivity contribution in [1.82, 2.24) is 10.2 Å². The maximum atomic E-state index is 12.3. The zero-order valence-electron chi connectivity index (χ0n) is 12.1. The van der Waals surface area contributed by atoms with Gasteiger partial charge in [-0.15, -0.1) is 0 Å². The minimum Gasteiger partial charge on any atom is -0.481 e. The van der Waals surface area contributed by atoms with Crippen LogP contribution in [-0.4, -0.2) is 60.6 Å². The van der Waals surface area contributed by atoms with E-state index in [-0.39, 0.29) is 31.3 Å². The number of nitrogens with one attached hydrogen (secondary N) is 1. The molecule has 0 aromatic heterocycles. The molecule has 1 rings (SSSR count). The molecule has 114 valence electrons. The van der Waals surface area contributed by atoms with Crippen LogP contribution in [0.5, 0.6) is 0 Å². The summed E-state index contributed by atoms with van der Waals surface area (Å²) >= 11 is 0. The largest absolute Gasteiger partial charge is 0.481 e. The molecule has 20 heavy (non-hydrogen) atoms. The zero-order chi connectivity index (χ0) is 15.3. The lowest BCUT2D eigenvalue weighted by Gasteiger charge is -2.36. The summed E-state index contributed by atoms with van der Waals surface area (Å²) in [6.07, 6.45) is 0.000511. The van der Waals surface area contributed by atoms with Gasteiger partial charge in [0, 0.05) is 20.0 Å². The highest BCUT2D eigenvalue weighted by Gasteiger charge is 2.35. The highest BCUT2D eigenvalue weighted by molar-refractivity contribution is 5.88. The van der Waals surface area contributed by atoms with Gasteiger partial charge in [0.15, 0.2) is 0 Å². The topological polar surface area (TPSA) is 95.9 Å². The van der Waals surface area contributed by atoms with E-state index < -0.39 is 17.4 Å². The molecule has 1 saturated heterocycles. The SMILES string of the molecule is CNC(=O)C1COCCN1C(=O)CC(C)(C)CC(=O)O. The van der Waals surface area contributed by atoms with E-state index in [1.54, 1.807) is 13.8 Å².